The minimum atomic E-state index is 0.400. The van der Waals surface area contributed by atoms with Crippen molar-refractivity contribution in [3.63, 3.8) is 0 Å². The number of aromatic nitrogens is 4. The van der Waals surface area contributed by atoms with Gasteiger partial charge in [-0.25, -0.2) is 4.98 Å². The second-order valence-corrected chi connectivity index (χ2v) is 7.66. The summed E-state index contributed by atoms with van der Waals surface area (Å²) in [5.41, 5.74) is 11.2. The Hall–Kier alpha value is -3.29. The standard InChI is InChI=1S/C22H31N7O/c1-15-8-9-18(12-16(15)2)13-24-17(3)30-11-7-6-10-29-14-25-19-20(23)26-22(28(4)5)27-21(19)29/h8-9,12,14,24H,3,6-7,10-11,13H2,1-2,4-5H3,(H2,23,26,27). The normalized spacial score (nSPS) is 10.9. The number of unbranched alkanes of at least 4 members (excludes halogenated alkanes) is 1. The van der Waals surface area contributed by atoms with E-state index in [1.165, 1.54) is 16.7 Å². The molecule has 0 spiro atoms. The Kier molecular flexibility index (Phi) is 6.76. The Morgan fingerprint density at radius 3 is 2.73 bits per heavy atom. The quantitative estimate of drug-likeness (QED) is 0.392. The first kappa shape index (κ1) is 21.4. The molecular weight excluding hydrogens is 378 g/mol. The van der Waals surface area contributed by atoms with Crippen molar-refractivity contribution in [2.24, 2.45) is 0 Å². The van der Waals surface area contributed by atoms with Crippen molar-refractivity contribution in [1.29, 1.82) is 0 Å². The van der Waals surface area contributed by atoms with Crippen LogP contribution in [0, 0.1) is 13.8 Å². The number of aryl methyl sites for hydroxylation is 3. The Morgan fingerprint density at radius 1 is 1.20 bits per heavy atom. The molecule has 8 heteroatoms. The summed E-state index contributed by atoms with van der Waals surface area (Å²) in [5.74, 6) is 1.57. The van der Waals surface area contributed by atoms with Crippen LogP contribution in [0.1, 0.15) is 29.5 Å². The van der Waals surface area contributed by atoms with Gasteiger partial charge in [0.2, 0.25) is 5.95 Å². The number of benzene rings is 1. The second kappa shape index (κ2) is 9.47. The third-order valence-electron chi connectivity index (χ3n) is 5.01. The number of hydrogen-bond donors (Lipinski definition) is 2. The van der Waals surface area contributed by atoms with Crippen LogP contribution in [0.2, 0.25) is 0 Å². The number of nitrogens with one attached hydrogen (secondary N) is 1. The monoisotopic (exact) mass is 409 g/mol. The van der Waals surface area contributed by atoms with Gasteiger partial charge in [-0.05, 0) is 50.0 Å². The largest absolute Gasteiger partial charge is 0.480 e. The van der Waals surface area contributed by atoms with Gasteiger partial charge >= 0.3 is 0 Å². The van der Waals surface area contributed by atoms with Gasteiger partial charge in [0.1, 0.15) is 5.52 Å². The zero-order valence-corrected chi connectivity index (χ0v) is 18.3. The van der Waals surface area contributed by atoms with Gasteiger partial charge in [0, 0.05) is 27.2 Å². The van der Waals surface area contributed by atoms with E-state index in [1.54, 1.807) is 6.33 Å². The summed E-state index contributed by atoms with van der Waals surface area (Å²) in [5, 5.41) is 3.23. The summed E-state index contributed by atoms with van der Waals surface area (Å²) in [6, 6.07) is 6.44. The van der Waals surface area contributed by atoms with E-state index in [0.717, 1.165) is 25.0 Å². The third kappa shape index (κ3) is 5.20. The maximum absolute atomic E-state index is 6.01. The smallest absolute Gasteiger partial charge is 0.228 e. The van der Waals surface area contributed by atoms with Crippen LogP contribution in [0.5, 0.6) is 0 Å². The molecule has 0 aliphatic heterocycles. The molecule has 0 amide bonds. The number of imidazole rings is 1. The molecule has 0 aliphatic rings. The third-order valence-corrected chi connectivity index (χ3v) is 5.01. The predicted octanol–water partition coefficient (Wildman–Crippen LogP) is 3.15. The molecule has 0 saturated carbocycles. The van der Waals surface area contributed by atoms with Crippen LogP contribution in [0.4, 0.5) is 11.8 Å². The number of fused-ring (bicyclic) bond motifs is 1. The molecule has 3 N–H and O–H groups in total. The molecule has 2 heterocycles. The van der Waals surface area contributed by atoms with Crippen molar-refractivity contribution in [1.82, 2.24) is 24.8 Å². The maximum atomic E-state index is 6.01. The second-order valence-electron chi connectivity index (χ2n) is 7.66. The van der Waals surface area contributed by atoms with Crippen molar-refractivity contribution in [2.45, 2.75) is 39.8 Å². The van der Waals surface area contributed by atoms with Gasteiger partial charge < -0.3 is 25.3 Å². The molecule has 1 aromatic carbocycles. The number of rotatable bonds is 10. The van der Waals surface area contributed by atoms with E-state index in [-0.39, 0.29) is 0 Å². The lowest BCUT2D eigenvalue weighted by atomic mass is 10.1. The van der Waals surface area contributed by atoms with Gasteiger partial charge in [0.25, 0.3) is 0 Å². The van der Waals surface area contributed by atoms with E-state index >= 15 is 0 Å². The van der Waals surface area contributed by atoms with Crippen LogP contribution < -0.4 is 16.0 Å². The van der Waals surface area contributed by atoms with E-state index in [9.17, 15) is 0 Å². The minimum Gasteiger partial charge on any atom is -0.480 e. The van der Waals surface area contributed by atoms with Crippen molar-refractivity contribution in [3.8, 4) is 0 Å². The number of ether oxygens (including phenoxy) is 1. The number of hydrogen-bond acceptors (Lipinski definition) is 7. The van der Waals surface area contributed by atoms with Crippen LogP contribution in [-0.4, -0.2) is 40.2 Å². The molecule has 0 radical (unpaired) electrons. The molecular formula is C22H31N7O. The molecule has 0 unspecified atom stereocenters. The van der Waals surface area contributed by atoms with Crippen LogP contribution in [0.3, 0.4) is 0 Å². The fourth-order valence-corrected chi connectivity index (χ4v) is 3.06. The SMILES string of the molecule is C=C(NCc1ccc(C)c(C)c1)OCCCCn1cnc2c(N)nc(N(C)C)nc21. The van der Waals surface area contributed by atoms with Crippen molar-refractivity contribution in [2.75, 3.05) is 31.3 Å². The zero-order valence-electron chi connectivity index (χ0n) is 18.3. The predicted molar refractivity (Wildman–Crippen MR) is 121 cm³/mol. The highest BCUT2D eigenvalue weighted by molar-refractivity contribution is 5.82. The number of anilines is 2. The van der Waals surface area contributed by atoms with Crippen LogP contribution in [-0.2, 0) is 17.8 Å². The van der Waals surface area contributed by atoms with Gasteiger partial charge in [0.05, 0.1) is 12.9 Å². The molecule has 3 rings (SSSR count). The molecule has 30 heavy (non-hydrogen) atoms. The van der Waals surface area contributed by atoms with Gasteiger partial charge in [-0.15, -0.1) is 0 Å². The van der Waals surface area contributed by atoms with Crippen LogP contribution in [0.15, 0.2) is 37.0 Å². The minimum absolute atomic E-state index is 0.400. The Morgan fingerprint density at radius 2 is 2.00 bits per heavy atom. The molecule has 2 aromatic heterocycles. The first-order valence-electron chi connectivity index (χ1n) is 10.1. The summed E-state index contributed by atoms with van der Waals surface area (Å²) >= 11 is 0. The Balaban J connectivity index is 1.43. The van der Waals surface area contributed by atoms with E-state index in [1.807, 2.05) is 23.6 Å². The zero-order chi connectivity index (χ0) is 21.7. The fourth-order valence-electron chi connectivity index (χ4n) is 3.06. The lowest BCUT2D eigenvalue weighted by molar-refractivity contribution is 0.185. The molecule has 3 aromatic rings. The number of nitrogens with zero attached hydrogens (tertiary/aromatic N) is 5. The molecule has 0 aliphatic carbocycles. The molecule has 160 valence electrons. The summed E-state index contributed by atoms with van der Waals surface area (Å²) in [6.45, 7) is 10.3. The van der Waals surface area contributed by atoms with E-state index in [0.29, 0.717) is 36.3 Å². The fraction of sp³-hybridized carbons (Fsp3) is 0.409. The average molecular weight is 410 g/mol. The topological polar surface area (TPSA) is 94.1 Å². The molecule has 0 fully saturated rings. The molecule has 0 atom stereocenters. The summed E-state index contributed by atoms with van der Waals surface area (Å²) in [4.78, 5) is 15.0. The van der Waals surface area contributed by atoms with Crippen molar-refractivity contribution < 1.29 is 4.74 Å². The maximum Gasteiger partial charge on any atom is 0.228 e. The van der Waals surface area contributed by atoms with Gasteiger partial charge in [0.15, 0.2) is 17.3 Å². The lowest BCUT2D eigenvalue weighted by Crippen LogP contribution is -2.15. The Bertz CT molecular complexity index is 1030. The highest BCUT2D eigenvalue weighted by atomic mass is 16.5. The van der Waals surface area contributed by atoms with Crippen LogP contribution >= 0.6 is 0 Å². The van der Waals surface area contributed by atoms with E-state index in [4.69, 9.17) is 10.5 Å². The van der Waals surface area contributed by atoms with E-state index < -0.39 is 0 Å². The highest BCUT2D eigenvalue weighted by Gasteiger charge is 2.12. The van der Waals surface area contributed by atoms with Gasteiger partial charge in [-0.2, -0.15) is 9.97 Å². The first-order chi connectivity index (χ1) is 14.3. The van der Waals surface area contributed by atoms with Crippen molar-refractivity contribution >= 4 is 22.9 Å². The van der Waals surface area contributed by atoms with Crippen LogP contribution in [0.25, 0.3) is 11.2 Å². The lowest BCUT2D eigenvalue weighted by Gasteiger charge is -2.13. The summed E-state index contributed by atoms with van der Waals surface area (Å²) in [7, 11) is 3.78. The summed E-state index contributed by atoms with van der Waals surface area (Å²) < 4.78 is 7.72. The van der Waals surface area contributed by atoms with Gasteiger partial charge in [-0.1, -0.05) is 18.2 Å². The Labute approximate surface area is 177 Å². The number of nitrogens with two attached hydrogens (primary N) is 1. The molecule has 0 saturated heterocycles. The average Bonchev–Trinajstić information content (AvgIpc) is 3.12. The van der Waals surface area contributed by atoms with E-state index in [2.05, 4.69) is 58.9 Å². The first-order valence-corrected chi connectivity index (χ1v) is 10.1. The molecule has 0 bridgehead atoms. The number of nitrogen functional groups attached to an aromatic ring is 1. The molecule has 8 nitrogen and oxygen atoms in total. The summed E-state index contributed by atoms with van der Waals surface area (Å²) in [6.07, 6.45) is 3.59. The van der Waals surface area contributed by atoms with Gasteiger partial charge in [-0.3, -0.25) is 0 Å². The highest BCUT2D eigenvalue weighted by Crippen LogP contribution is 2.19. The van der Waals surface area contributed by atoms with Crippen molar-refractivity contribution in [3.05, 3.63) is 53.7 Å².